The molecule has 7 nitrogen and oxygen atoms in total. The molecule has 3 aromatic rings. The highest BCUT2D eigenvalue weighted by Gasteiger charge is 2.25. The first-order chi connectivity index (χ1) is 15.5. The summed E-state index contributed by atoms with van der Waals surface area (Å²) in [6.07, 6.45) is 1.36. The number of benzene rings is 2. The van der Waals surface area contributed by atoms with Crippen LogP contribution in [0.25, 0.3) is 0 Å². The van der Waals surface area contributed by atoms with Crippen molar-refractivity contribution in [3.63, 3.8) is 0 Å². The molecule has 2 heterocycles. The number of ether oxygens (including phenoxy) is 2. The van der Waals surface area contributed by atoms with Crippen molar-refractivity contribution in [2.24, 2.45) is 0 Å². The lowest BCUT2D eigenvalue weighted by molar-refractivity contribution is -0.111. The average molecular weight is 453 g/mol. The van der Waals surface area contributed by atoms with Crippen LogP contribution in [0.4, 0.5) is 21.7 Å². The maximum Gasteiger partial charge on any atom is 0.247 e. The van der Waals surface area contributed by atoms with Gasteiger partial charge in [-0.15, -0.1) is 11.8 Å². The van der Waals surface area contributed by atoms with Crippen molar-refractivity contribution in [2.75, 3.05) is 17.7 Å². The van der Waals surface area contributed by atoms with E-state index in [4.69, 9.17) is 9.47 Å². The summed E-state index contributed by atoms with van der Waals surface area (Å²) in [5.74, 6) is 1.87. The number of carbonyl (C=O) groups excluding carboxylic acids is 1. The second kappa shape index (κ2) is 9.69. The highest BCUT2D eigenvalue weighted by Crippen LogP contribution is 2.37. The Kier molecular flexibility index (Phi) is 6.55. The lowest BCUT2D eigenvalue weighted by Gasteiger charge is -2.21. The summed E-state index contributed by atoms with van der Waals surface area (Å²) in [5, 5.41) is 5.83. The van der Waals surface area contributed by atoms with Crippen molar-refractivity contribution in [3.05, 3.63) is 72.4 Å². The van der Waals surface area contributed by atoms with Gasteiger partial charge in [0, 0.05) is 41.2 Å². The minimum Gasteiger partial charge on any atom is -0.497 e. The average Bonchev–Trinajstić information content (AvgIpc) is 2.79. The molecule has 1 aliphatic heterocycles. The van der Waals surface area contributed by atoms with E-state index in [9.17, 15) is 9.18 Å². The van der Waals surface area contributed by atoms with Crippen LogP contribution >= 0.6 is 11.8 Å². The molecule has 0 spiro atoms. The monoisotopic (exact) mass is 452 g/mol. The smallest absolute Gasteiger partial charge is 0.247 e. The second-order valence-corrected chi connectivity index (χ2v) is 8.02. The molecule has 4 rings (SSSR count). The van der Waals surface area contributed by atoms with Crippen LogP contribution in [-0.2, 0) is 17.0 Å². The van der Waals surface area contributed by atoms with E-state index in [0.29, 0.717) is 40.5 Å². The first-order valence-corrected chi connectivity index (χ1v) is 10.9. The lowest BCUT2D eigenvalue weighted by atomic mass is 10.2. The zero-order valence-electron chi connectivity index (χ0n) is 17.3. The van der Waals surface area contributed by atoms with E-state index in [2.05, 4.69) is 27.2 Å². The molecule has 0 radical (unpaired) electrons. The van der Waals surface area contributed by atoms with Crippen LogP contribution in [-0.4, -0.2) is 28.5 Å². The number of amides is 1. The molecule has 0 bridgehead atoms. The number of nitrogens with one attached hydrogen (secondary N) is 2. The van der Waals surface area contributed by atoms with E-state index >= 15 is 0 Å². The van der Waals surface area contributed by atoms with Crippen LogP contribution in [0, 0.1) is 0 Å². The Bertz CT molecular complexity index is 1160. The lowest BCUT2D eigenvalue weighted by Crippen LogP contribution is -2.15. The number of halogens is 1. The summed E-state index contributed by atoms with van der Waals surface area (Å²) in [5.41, 5.74) is 1.60. The number of hydrogen-bond acceptors (Lipinski definition) is 7. The number of methoxy groups -OCH3 is 1. The van der Waals surface area contributed by atoms with Gasteiger partial charge in [0.25, 0.3) is 0 Å². The van der Waals surface area contributed by atoms with E-state index in [0.717, 1.165) is 11.3 Å². The maximum absolute atomic E-state index is 14.1. The van der Waals surface area contributed by atoms with Gasteiger partial charge in [0.05, 0.1) is 12.8 Å². The zero-order chi connectivity index (χ0) is 22.5. The third-order valence-electron chi connectivity index (χ3n) is 4.64. The normalized spacial score (nSPS) is 14.8. The molecule has 164 valence electrons. The van der Waals surface area contributed by atoms with E-state index in [1.807, 2.05) is 24.3 Å². The number of anilines is 3. The Hall–Kier alpha value is -3.59. The van der Waals surface area contributed by atoms with Gasteiger partial charge in [-0.25, -0.2) is 9.37 Å². The van der Waals surface area contributed by atoms with Gasteiger partial charge in [0.2, 0.25) is 17.7 Å². The molecule has 1 aromatic heterocycles. The quantitative estimate of drug-likeness (QED) is 0.475. The minimum absolute atomic E-state index is 0.168. The van der Waals surface area contributed by atoms with Crippen LogP contribution in [0.3, 0.4) is 0 Å². The minimum atomic E-state index is -1.03. The predicted molar refractivity (Wildman–Crippen MR) is 124 cm³/mol. The summed E-state index contributed by atoms with van der Waals surface area (Å²) in [6.45, 7) is 3.45. The van der Waals surface area contributed by atoms with Gasteiger partial charge < -0.3 is 20.1 Å². The van der Waals surface area contributed by atoms with Crippen molar-refractivity contribution in [3.8, 4) is 17.4 Å². The second-order valence-electron chi connectivity index (χ2n) is 6.88. The van der Waals surface area contributed by atoms with Crippen molar-refractivity contribution in [1.82, 2.24) is 9.97 Å². The first-order valence-electron chi connectivity index (χ1n) is 9.82. The number of fused-ring (bicyclic) bond motifs is 1. The third kappa shape index (κ3) is 5.17. The molecule has 0 saturated carbocycles. The summed E-state index contributed by atoms with van der Waals surface area (Å²) < 4.78 is 25.4. The van der Waals surface area contributed by atoms with E-state index in [-0.39, 0.29) is 12.3 Å². The number of hydrogen-bond donors (Lipinski definition) is 2. The zero-order valence-corrected chi connectivity index (χ0v) is 18.1. The third-order valence-corrected chi connectivity index (χ3v) is 5.63. The SMILES string of the molecule is C=CC(=O)Nc1cccc(Oc2nc(Nc3cccc(OC)c3)nc3c2CSC(F)C3)c1. The Balaban J connectivity index is 1.65. The van der Waals surface area contributed by atoms with Crippen LogP contribution in [0.1, 0.15) is 11.3 Å². The summed E-state index contributed by atoms with van der Waals surface area (Å²) in [6, 6.07) is 14.3. The molecule has 0 aliphatic carbocycles. The molecular weight excluding hydrogens is 431 g/mol. The summed E-state index contributed by atoms with van der Waals surface area (Å²) in [7, 11) is 1.59. The van der Waals surface area contributed by atoms with Gasteiger partial charge in [0.15, 0.2) is 5.50 Å². The topological polar surface area (TPSA) is 85.4 Å². The molecule has 1 atom stereocenters. The highest BCUT2D eigenvalue weighted by atomic mass is 32.2. The molecule has 2 N–H and O–H groups in total. The Morgan fingerprint density at radius 1 is 1.19 bits per heavy atom. The molecule has 1 unspecified atom stereocenters. The number of carbonyl (C=O) groups is 1. The molecule has 32 heavy (non-hydrogen) atoms. The molecule has 1 amide bonds. The van der Waals surface area contributed by atoms with Crippen molar-refractivity contribution >= 4 is 35.0 Å². The predicted octanol–water partition coefficient (Wildman–Crippen LogP) is 5.23. The fourth-order valence-corrected chi connectivity index (χ4v) is 4.03. The first kappa shape index (κ1) is 21.6. The van der Waals surface area contributed by atoms with Gasteiger partial charge in [-0.05, 0) is 30.3 Å². The van der Waals surface area contributed by atoms with E-state index in [1.54, 1.807) is 31.4 Å². The fourth-order valence-electron chi connectivity index (χ4n) is 3.12. The Labute approximate surface area is 189 Å². The molecule has 0 saturated heterocycles. The van der Waals surface area contributed by atoms with Gasteiger partial charge in [-0.2, -0.15) is 4.98 Å². The highest BCUT2D eigenvalue weighted by molar-refractivity contribution is 7.99. The number of aromatic nitrogens is 2. The standard InChI is InChI=1S/C23H21FN4O3S/c1-3-21(29)25-14-6-5-9-17(11-14)31-22-18-13-32-20(24)12-19(18)27-23(28-22)26-15-7-4-8-16(10-15)30-2/h3-11,20H,1,12-13H2,2H3,(H,25,29)(H,26,27,28). The van der Waals surface area contributed by atoms with E-state index < -0.39 is 5.50 Å². The van der Waals surface area contributed by atoms with Gasteiger partial charge in [-0.1, -0.05) is 18.7 Å². The molecule has 1 aliphatic rings. The van der Waals surface area contributed by atoms with Gasteiger partial charge in [0.1, 0.15) is 11.5 Å². The largest absolute Gasteiger partial charge is 0.497 e. The van der Waals surface area contributed by atoms with Crippen molar-refractivity contribution in [2.45, 2.75) is 17.7 Å². The molecular formula is C23H21FN4O3S. The fraction of sp³-hybridized carbons (Fsp3) is 0.174. The summed E-state index contributed by atoms with van der Waals surface area (Å²) in [4.78, 5) is 20.7. The van der Waals surface area contributed by atoms with Crippen molar-refractivity contribution in [1.29, 1.82) is 0 Å². The number of thioether (sulfide) groups is 1. The maximum atomic E-state index is 14.1. The number of nitrogens with zero attached hydrogens (tertiary/aromatic N) is 2. The molecule has 2 aromatic carbocycles. The van der Waals surface area contributed by atoms with Gasteiger partial charge in [-0.3, -0.25) is 4.79 Å². The van der Waals surface area contributed by atoms with Crippen LogP contribution in [0.15, 0.2) is 61.2 Å². The Morgan fingerprint density at radius 3 is 2.72 bits per heavy atom. The number of alkyl halides is 1. The van der Waals surface area contributed by atoms with Crippen LogP contribution < -0.4 is 20.1 Å². The molecule has 0 fully saturated rings. The van der Waals surface area contributed by atoms with Gasteiger partial charge >= 0.3 is 0 Å². The Morgan fingerprint density at radius 2 is 1.94 bits per heavy atom. The van der Waals surface area contributed by atoms with E-state index in [1.165, 1.54) is 17.8 Å². The van der Waals surface area contributed by atoms with Crippen LogP contribution in [0.2, 0.25) is 0 Å². The summed E-state index contributed by atoms with van der Waals surface area (Å²) >= 11 is 1.18. The molecule has 9 heteroatoms. The van der Waals surface area contributed by atoms with Crippen LogP contribution in [0.5, 0.6) is 17.4 Å². The number of rotatable bonds is 7. The van der Waals surface area contributed by atoms with Crippen molar-refractivity contribution < 1.29 is 18.7 Å².